The molecule has 0 aromatic rings. The van der Waals surface area contributed by atoms with Crippen LogP contribution in [0, 0.1) is 12.2 Å². The van der Waals surface area contributed by atoms with Gasteiger partial charge < -0.3 is 26.2 Å². The molecule has 0 aromatic heterocycles. The Morgan fingerprint density at radius 1 is 1.45 bits per heavy atom. The monoisotopic (exact) mass is 163 g/mol. The smallest absolute Gasteiger partial charge is 0.322 e. The second kappa shape index (κ2) is 8.55. The van der Waals surface area contributed by atoms with E-state index < -0.39 is 18.6 Å². The van der Waals surface area contributed by atoms with Gasteiger partial charge in [-0.15, -0.1) is 0 Å². The molecule has 0 spiro atoms. The number of carboxylic acids is 1. The van der Waals surface area contributed by atoms with Crippen molar-refractivity contribution in [1.29, 1.82) is 0 Å². The molecule has 0 aliphatic carbocycles. The first-order valence-corrected chi connectivity index (χ1v) is 2.47. The highest BCUT2D eigenvalue weighted by Gasteiger charge is 2.06. The molecule has 0 heterocycles. The first-order valence-electron chi connectivity index (χ1n) is 2.47. The molecule has 0 radical (unpaired) electrons. The number of aliphatic hydroxyl groups excluding tert-OH is 3. The Labute approximate surface area is 62.9 Å². The van der Waals surface area contributed by atoms with E-state index in [2.05, 4.69) is 0 Å². The molecule has 0 amide bonds. The maximum absolute atomic E-state index is 9.65. The molecule has 0 aromatic carbocycles. The minimum atomic E-state index is -1.18. The molecule has 6 N–H and O–H groups in total. The van der Waals surface area contributed by atoms with Crippen LogP contribution in [0.5, 0.6) is 0 Å². The Morgan fingerprint density at radius 2 is 1.82 bits per heavy atom. The molecule has 0 aliphatic heterocycles. The van der Waals surface area contributed by atoms with Gasteiger partial charge in [0, 0.05) is 0 Å². The van der Waals surface area contributed by atoms with Crippen LogP contribution in [-0.2, 0) is 4.79 Å². The van der Waals surface area contributed by atoms with E-state index in [9.17, 15) is 4.79 Å². The number of nitrogens with two attached hydrogens (primary N) is 1. The first-order chi connectivity index (χ1) is 5.09. The fraction of sp³-hybridized carbons (Fsp3) is 0.400. The third-order valence-corrected chi connectivity index (χ3v) is 0.564. The molecule has 0 unspecified atom stereocenters. The van der Waals surface area contributed by atoms with Crippen LogP contribution in [0.4, 0.5) is 0 Å². The van der Waals surface area contributed by atoms with Crippen LogP contribution in [-0.4, -0.2) is 39.0 Å². The highest BCUT2D eigenvalue weighted by atomic mass is 16.4. The van der Waals surface area contributed by atoms with Gasteiger partial charge in [-0.25, -0.2) is 0 Å². The van der Waals surface area contributed by atoms with Crippen molar-refractivity contribution in [2.75, 3.05) is 6.61 Å². The second-order valence-electron chi connectivity index (χ2n) is 1.35. The molecule has 6 nitrogen and oxygen atoms in total. The van der Waals surface area contributed by atoms with Gasteiger partial charge in [0.25, 0.3) is 0 Å². The number of carbonyl (C=O) groups is 1. The lowest BCUT2D eigenvalue weighted by Crippen LogP contribution is -2.33. The number of carboxylic acid groups (broad SMARTS) is 1. The molecule has 64 valence electrons. The Bertz CT molecular complexity index is 152. The van der Waals surface area contributed by atoms with Crippen LogP contribution in [0.1, 0.15) is 0 Å². The fourth-order valence-corrected chi connectivity index (χ4v) is 0.0781. The highest BCUT2D eigenvalue weighted by molar-refractivity contribution is 5.73. The summed E-state index contributed by atoms with van der Waals surface area (Å²) < 4.78 is 0. The van der Waals surface area contributed by atoms with Crippen molar-refractivity contribution in [3.05, 3.63) is 0 Å². The summed E-state index contributed by atoms with van der Waals surface area (Å²) in [6, 6.07) is -1.13. The SMILES string of the molecule is N[C@@H](CO)C(=O)O.OC#CO. The molecule has 6 heteroatoms. The molecular formula is C5H9NO5. The summed E-state index contributed by atoms with van der Waals surface area (Å²) in [5, 5.41) is 30.4. The van der Waals surface area contributed by atoms with E-state index in [0.717, 1.165) is 0 Å². The van der Waals surface area contributed by atoms with Gasteiger partial charge in [0.2, 0.25) is 0 Å². The normalized spacial score (nSPS) is 9.64. The predicted molar refractivity (Wildman–Crippen MR) is 34.3 cm³/mol. The summed E-state index contributed by atoms with van der Waals surface area (Å²) in [5.74, 6) is -1.18. The van der Waals surface area contributed by atoms with Crippen molar-refractivity contribution < 1.29 is 25.2 Å². The highest BCUT2D eigenvalue weighted by Crippen LogP contribution is 1.71. The van der Waals surface area contributed by atoms with Gasteiger partial charge in [-0.05, 0) is 0 Å². The number of hydrogen-bond donors (Lipinski definition) is 5. The van der Waals surface area contributed by atoms with Crippen molar-refractivity contribution in [1.82, 2.24) is 0 Å². The third kappa shape index (κ3) is 11.9. The van der Waals surface area contributed by atoms with E-state index in [0.29, 0.717) is 0 Å². The molecule has 0 saturated carbocycles. The number of hydrogen-bond acceptors (Lipinski definition) is 5. The first kappa shape index (κ1) is 12.2. The quantitative estimate of drug-likeness (QED) is 0.301. The van der Waals surface area contributed by atoms with Gasteiger partial charge in [-0.3, -0.25) is 4.79 Å². The number of aliphatic hydroxyl groups is 3. The van der Waals surface area contributed by atoms with Gasteiger partial charge >= 0.3 is 5.97 Å². The van der Waals surface area contributed by atoms with E-state index in [4.69, 9.17) is 26.2 Å². The topological polar surface area (TPSA) is 124 Å². The fourth-order valence-electron chi connectivity index (χ4n) is 0.0781. The zero-order valence-electron chi connectivity index (χ0n) is 5.56. The Balaban J connectivity index is 0. The lowest BCUT2D eigenvalue weighted by atomic mass is 10.3. The van der Waals surface area contributed by atoms with Crippen LogP contribution >= 0.6 is 0 Å². The average molecular weight is 163 g/mol. The number of rotatable bonds is 2. The predicted octanol–water partition coefficient (Wildman–Crippen LogP) is -1.96. The van der Waals surface area contributed by atoms with Crippen molar-refractivity contribution in [2.24, 2.45) is 5.73 Å². The van der Waals surface area contributed by atoms with Crippen LogP contribution in [0.3, 0.4) is 0 Å². The average Bonchev–Trinajstić information content (AvgIpc) is 2.03. The van der Waals surface area contributed by atoms with E-state index in [1.807, 2.05) is 0 Å². The van der Waals surface area contributed by atoms with E-state index in [1.165, 1.54) is 12.2 Å². The van der Waals surface area contributed by atoms with E-state index >= 15 is 0 Å². The van der Waals surface area contributed by atoms with Crippen LogP contribution < -0.4 is 5.73 Å². The Hall–Kier alpha value is -1.45. The summed E-state index contributed by atoms with van der Waals surface area (Å²) in [6.07, 6.45) is 2.47. The summed E-state index contributed by atoms with van der Waals surface area (Å²) in [5.41, 5.74) is 4.77. The standard InChI is InChI=1S/C3H7NO3.C2H2O2/c4-2(1-5)3(6)7;3-1-2-4/h2,5H,1,4H2,(H,6,7);3-4H/t2-;/m0./s1. The summed E-state index contributed by atoms with van der Waals surface area (Å²) in [4.78, 5) is 9.65. The van der Waals surface area contributed by atoms with Crippen molar-refractivity contribution >= 4 is 5.97 Å². The molecule has 11 heavy (non-hydrogen) atoms. The molecule has 0 bridgehead atoms. The van der Waals surface area contributed by atoms with Crippen molar-refractivity contribution in [3.63, 3.8) is 0 Å². The maximum Gasteiger partial charge on any atom is 0.322 e. The molecule has 0 saturated heterocycles. The Morgan fingerprint density at radius 3 is 1.82 bits per heavy atom. The molecule has 0 fully saturated rings. The largest absolute Gasteiger partial charge is 0.480 e. The van der Waals surface area contributed by atoms with E-state index in [1.54, 1.807) is 0 Å². The van der Waals surface area contributed by atoms with Crippen molar-refractivity contribution in [2.45, 2.75) is 6.04 Å². The minimum absolute atomic E-state index is 0.505. The lowest BCUT2D eigenvalue weighted by molar-refractivity contribution is -0.139. The summed E-state index contributed by atoms with van der Waals surface area (Å²) in [7, 11) is 0. The Kier molecular flexibility index (Phi) is 9.52. The van der Waals surface area contributed by atoms with Gasteiger partial charge in [-0.2, -0.15) is 0 Å². The van der Waals surface area contributed by atoms with Crippen LogP contribution in [0.2, 0.25) is 0 Å². The summed E-state index contributed by atoms with van der Waals surface area (Å²) >= 11 is 0. The number of aliphatic carboxylic acids is 1. The van der Waals surface area contributed by atoms with Crippen LogP contribution in [0.15, 0.2) is 0 Å². The zero-order valence-corrected chi connectivity index (χ0v) is 5.56. The van der Waals surface area contributed by atoms with Gasteiger partial charge in [0.05, 0.1) is 6.61 Å². The lowest BCUT2D eigenvalue weighted by Gasteiger charge is -1.96. The van der Waals surface area contributed by atoms with Gasteiger partial charge in [0.15, 0.2) is 12.2 Å². The minimum Gasteiger partial charge on any atom is -0.480 e. The maximum atomic E-state index is 9.65. The molecular weight excluding hydrogens is 154 g/mol. The van der Waals surface area contributed by atoms with Gasteiger partial charge in [0.1, 0.15) is 6.04 Å². The van der Waals surface area contributed by atoms with Gasteiger partial charge in [-0.1, -0.05) is 0 Å². The molecule has 0 rings (SSSR count). The zero-order chi connectivity index (χ0) is 9.28. The summed E-state index contributed by atoms with van der Waals surface area (Å²) in [6.45, 7) is -0.505. The second-order valence-corrected chi connectivity index (χ2v) is 1.35. The molecule has 1 atom stereocenters. The van der Waals surface area contributed by atoms with Crippen molar-refractivity contribution in [3.8, 4) is 12.2 Å². The van der Waals surface area contributed by atoms with Crippen LogP contribution in [0.25, 0.3) is 0 Å². The molecule has 0 aliphatic rings. The van der Waals surface area contributed by atoms with E-state index in [-0.39, 0.29) is 0 Å². The third-order valence-electron chi connectivity index (χ3n) is 0.564.